The Hall–Kier alpha value is -3.49. The summed E-state index contributed by atoms with van der Waals surface area (Å²) in [5, 5.41) is 2.72. The molecule has 0 unspecified atom stereocenters. The minimum absolute atomic E-state index is 0.0741. The Balaban J connectivity index is 1.33. The van der Waals surface area contributed by atoms with Crippen LogP contribution in [0, 0.1) is 6.92 Å². The first kappa shape index (κ1) is 25.2. The SMILES string of the molecule is C=CCN(CC(=O)N1CCc2sccc2[C@H]1COc1ccc(Cl)c(C)c1)C(=O)c1ccc2c(c1)OCO2. The van der Waals surface area contributed by atoms with Gasteiger partial charge in [0.05, 0.1) is 6.04 Å². The van der Waals surface area contributed by atoms with Gasteiger partial charge < -0.3 is 24.0 Å². The second-order valence-electron chi connectivity index (χ2n) is 8.92. The van der Waals surface area contributed by atoms with E-state index >= 15 is 0 Å². The molecule has 3 heterocycles. The van der Waals surface area contributed by atoms with Crippen LogP contribution in [-0.4, -0.2) is 54.6 Å². The molecule has 0 spiro atoms. The van der Waals surface area contributed by atoms with Crippen LogP contribution in [0.15, 0.2) is 60.5 Å². The molecule has 1 atom stereocenters. The number of carbonyl (C=O) groups excluding carboxylic acids is 2. The van der Waals surface area contributed by atoms with Gasteiger partial charge in [-0.15, -0.1) is 17.9 Å². The number of fused-ring (bicyclic) bond motifs is 2. The lowest BCUT2D eigenvalue weighted by molar-refractivity contribution is -0.135. The molecule has 0 saturated carbocycles. The van der Waals surface area contributed by atoms with E-state index in [9.17, 15) is 9.59 Å². The van der Waals surface area contributed by atoms with Crippen molar-refractivity contribution in [3.8, 4) is 17.2 Å². The van der Waals surface area contributed by atoms with Crippen molar-refractivity contribution < 1.29 is 23.8 Å². The fourth-order valence-corrected chi connectivity index (χ4v) is 5.64. The fraction of sp³-hybridized carbons (Fsp3) is 0.286. The second-order valence-corrected chi connectivity index (χ2v) is 10.3. The highest BCUT2D eigenvalue weighted by Crippen LogP contribution is 2.35. The normalized spacial score (nSPS) is 15.7. The lowest BCUT2D eigenvalue weighted by Gasteiger charge is -2.37. The number of thiophene rings is 1. The van der Waals surface area contributed by atoms with Gasteiger partial charge in [0, 0.05) is 28.6 Å². The van der Waals surface area contributed by atoms with Crippen LogP contribution in [0.5, 0.6) is 17.2 Å². The lowest BCUT2D eigenvalue weighted by atomic mass is 10.0. The minimum atomic E-state index is -0.274. The molecule has 0 N–H and O–H groups in total. The van der Waals surface area contributed by atoms with Gasteiger partial charge in [-0.3, -0.25) is 9.59 Å². The fourth-order valence-electron chi connectivity index (χ4n) is 4.60. The number of hydrogen-bond acceptors (Lipinski definition) is 6. The van der Waals surface area contributed by atoms with E-state index in [1.54, 1.807) is 41.7 Å². The molecule has 0 saturated heterocycles. The van der Waals surface area contributed by atoms with Crippen molar-refractivity contribution in [3.05, 3.63) is 87.1 Å². The van der Waals surface area contributed by atoms with Crippen LogP contribution in [0.2, 0.25) is 5.02 Å². The van der Waals surface area contributed by atoms with E-state index in [-0.39, 0.29) is 37.7 Å². The molecule has 1 aromatic heterocycles. The Bertz CT molecular complexity index is 1340. The van der Waals surface area contributed by atoms with E-state index < -0.39 is 0 Å². The third-order valence-electron chi connectivity index (χ3n) is 6.53. The number of benzene rings is 2. The van der Waals surface area contributed by atoms with Gasteiger partial charge in [0.1, 0.15) is 18.9 Å². The number of rotatable bonds is 8. The van der Waals surface area contributed by atoms with Gasteiger partial charge in [-0.05, 0) is 72.3 Å². The van der Waals surface area contributed by atoms with Gasteiger partial charge in [-0.25, -0.2) is 0 Å². The van der Waals surface area contributed by atoms with Crippen molar-refractivity contribution in [2.75, 3.05) is 33.0 Å². The van der Waals surface area contributed by atoms with Crippen LogP contribution in [0.1, 0.15) is 32.4 Å². The lowest BCUT2D eigenvalue weighted by Crippen LogP contribution is -2.47. The number of carbonyl (C=O) groups is 2. The molecule has 2 aromatic carbocycles. The van der Waals surface area contributed by atoms with Crippen molar-refractivity contribution in [1.29, 1.82) is 0 Å². The van der Waals surface area contributed by atoms with E-state index in [0.717, 1.165) is 17.5 Å². The highest BCUT2D eigenvalue weighted by atomic mass is 35.5. The summed E-state index contributed by atoms with van der Waals surface area (Å²) in [7, 11) is 0. The summed E-state index contributed by atoms with van der Waals surface area (Å²) in [5.74, 6) is 1.40. The molecule has 2 aliphatic heterocycles. The molecule has 0 bridgehead atoms. The maximum atomic E-state index is 13.6. The Labute approximate surface area is 224 Å². The molecule has 3 aromatic rings. The molecule has 2 amide bonds. The average Bonchev–Trinajstić information content (AvgIpc) is 3.57. The molecule has 37 heavy (non-hydrogen) atoms. The minimum Gasteiger partial charge on any atom is -0.491 e. The summed E-state index contributed by atoms with van der Waals surface area (Å²) in [5.41, 5.74) is 2.44. The van der Waals surface area contributed by atoms with Crippen molar-refractivity contribution in [1.82, 2.24) is 9.80 Å². The standard InChI is InChI=1S/C28H27ClN2O5S/c1-3-10-30(28(33)19-4-7-24-25(14-19)36-17-35-24)15-27(32)31-11-8-26-21(9-12-37-26)23(31)16-34-20-5-6-22(29)18(2)13-20/h3-7,9,12-14,23H,1,8,10-11,15-17H2,2H3/t23-/m1/s1. The van der Waals surface area contributed by atoms with Gasteiger partial charge in [-0.1, -0.05) is 17.7 Å². The van der Waals surface area contributed by atoms with Gasteiger partial charge >= 0.3 is 0 Å². The maximum absolute atomic E-state index is 13.6. The van der Waals surface area contributed by atoms with Crippen LogP contribution in [0.25, 0.3) is 0 Å². The number of amides is 2. The van der Waals surface area contributed by atoms with E-state index in [0.29, 0.717) is 41.0 Å². The van der Waals surface area contributed by atoms with Gasteiger partial charge in [0.25, 0.3) is 5.91 Å². The molecular formula is C28H27ClN2O5S. The van der Waals surface area contributed by atoms with Gasteiger partial charge in [0.2, 0.25) is 12.7 Å². The summed E-state index contributed by atoms with van der Waals surface area (Å²) in [6.07, 6.45) is 2.39. The summed E-state index contributed by atoms with van der Waals surface area (Å²) in [6.45, 7) is 6.85. The van der Waals surface area contributed by atoms with E-state index in [2.05, 4.69) is 12.6 Å². The molecule has 7 nitrogen and oxygen atoms in total. The highest BCUT2D eigenvalue weighted by molar-refractivity contribution is 7.10. The molecule has 0 radical (unpaired) electrons. The van der Waals surface area contributed by atoms with Gasteiger partial charge in [0.15, 0.2) is 11.5 Å². The second kappa shape index (κ2) is 10.9. The topological polar surface area (TPSA) is 68.3 Å². The van der Waals surface area contributed by atoms with Crippen LogP contribution in [-0.2, 0) is 11.2 Å². The first-order valence-electron chi connectivity index (χ1n) is 12.0. The number of ether oxygens (including phenoxy) is 3. The third kappa shape index (κ3) is 5.31. The average molecular weight is 539 g/mol. The summed E-state index contributed by atoms with van der Waals surface area (Å²) < 4.78 is 16.9. The number of aryl methyl sites for hydroxylation is 1. The predicted octanol–water partition coefficient (Wildman–Crippen LogP) is 5.27. The zero-order valence-electron chi connectivity index (χ0n) is 20.4. The molecule has 0 fully saturated rings. The summed E-state index contributed by atoms with van der Waals surface area (Å²) in [4.78, 5) is 31.6. The van der Waals surface area contributed by atoms with Crippen LogP contribution < -0.4 is 14.2 Å². The third-order valence-corrected chi connectivity index (χ3v) is 7.96. The van der Waals surface area contributed by atoms with Crippen molar-refractivity contribution in [2.24, 2.45) is 0 Å². The van der Waals surface area contributed by atoms with Crippen molar-refractivity contribution in [2.45, 2.75) is 19.4 Å². The largest absolute Gasteiger partial charge is 0.491 e. The zero-order valence-corrected chi connectivity index (χ0v) is 22.0. The van der Waals surface area contributed by atoms with Crippen molar-refractivity contribution in [3.63, 3.8) is 0 Å². The summed E-state index contributed by atoms with van der Waals surface area (Å²) >= 11 is 7.85. The highest BCUT2D eigenvalue weighted by Gasteiger charge is 2.33. The first-order valence-corrected chi connectivity index (χ1v) is 13.2. The Morgan fingerprint density at radius 2 is 2.05 bits per heavy atom. The van der Waals surface area contributed by atoms with Crippen LogP contribution in [0.4, 0.5) is 0 Å². The number of hydrogen-bond donors (Lipinski definition) is 0. The van der Waals surface area contributed by atoms with E-state index in [1.165, 1.54) is 9.78 Å². The van der Waals surface area contributed by atoms with Crippen LogP contribution >= 0.6 is 22.9 Å². The monoisotopic (exact) mass is 538 g/mol. The first-order chi connectivity index (χ1) is 17.9. The van der Waals surface area contributed by atoms with Crippen LogP contribution in [0.3, 0.4) is 0 Å². The molecule has 192 valence electrons. The quantitative estimate of drug-likeness (QED) is 0.365. The van der Waals surface area contributed by atoms with Gasteiger partial charge in [-0.2, -0.15) is 0 Å². The predicted molar refractivity (Wildman–Crippen MR) is 143 cm³/mol. The van der Waals surface area contributed by atoms with E-state index in [4.69, 9.17) is 25.8 Å². The molecule has 9 heteroatoms. The maximum Gasteiger partial charge on any atom is 0.254 e. The zero-order chi connectivity index (χ0) is 25.9. The van der Waals surface area contributed by atoms with Crippen molar-refractivity contribution >= 4 is 34.8 Å². The van der Waals surface area contributed by atoms with E-state index in [1.807, 2.05) is 29.3 Å². The molecular weight excluding hydrogens is 512 g/mol. The Kier molecular flexibility index (Phi) is 7.39. The summed E-state index contributed by atoms with van der Waals surface area (Å²) in [6, 6.07) is 12.4. The molecule has 2 aliphatic rings. The molecule has 0 aliphatic carbocycles. The number of nitrogens with zero attached hydrogens (tertiary/aromatic N) is 2. The Morgan fingerprint density at radius 3 is 2.86 bits per heavy atom. The molecule has 5 rings (SSSR count). The number of halogens is 1. The smallest absolute Gasteiger partial charge is 0.254 e. The Morgan fingerprint density at radius 1 is 1.22 bits per heavy atom.